The fourth-order valence-electron chi connectivity index (χ4n) is 3.78. The lowest BCUT2D eigenvalue weighted by Crippen LogP contribution is -2.46. The summed E-state index contributed by atoms with van der Waals surface area (Å²) >= 11 is 0. The van der Waals surface area contributed by atoms with Crippen LogP contribution in [0.15, 0.2) is 18.2 Å². The molecule has 1 aromatic rings. The van der Waals surface area contributed by atoms with Crippen LogP contribution in [0.25, 0.3) is 0 Å². The van der Waals surface area contributed by atoms with Gasteiger partial charge in [-0.05, 0) is 44.0 Å². The fourth-order valence-corrected chi connectivity index (χ4v) is 3.78. The topological polar surface area (TPSA) is 71.1 Å². The molecule has 1 aliphatic heterocycles. The van der Waals surface area contributed by atoms with Crippen LogP contribution in [-0.4, -0.2) is 74.2 Å². The van der Waals surface area contributed by atoms with E-state index in [4.69, 9.17) is 9.47 Å². The Bertz CT molecular complexity index is 724. The Morgan fingerprint density at radius 3 is 2.63 bits per heavy atom. The lowest BCUT2D eigenvalue weighted by Gasteiger charge is -2.35. The third kappa shape index (κ3) is 6.19. The van der Waals surface area contributed by atoms with E-state index in [1.54, 1.807) is 44.2 Å². The van der Waals surface area contributed by atoms with Crippen LogP contribution in [0, 0.1) is 5.92 Å². The van der Waals surface area contributed by atoms with Gasteiger partial charge in [-0.2, -0.15) is 0 Å². The Balaban J connectivity index is 2.40. The van der Waals surface area contributed by atoms with Crippen molar-refractivity contribution in [3.05, 3.63) is 23.8 Å². The minimum atomic E-state index is -0.148. The van der Waals surface area contributed by atoms with Crippen molar-refractivity contribution in [3.63, 3.8) is 0 Å². The summed E-state index contributed by atoms with van der Waals surface area (Å²) in [4.78, 5) is 29.1. The first-order chi connectivity index (χ1) is 14.3. The Labute approximate surface area is 180 Å². The predicted molar refractivity (Wildman–Crippen MR) is 119 cm³/mol. The highest BCUT2D eigenvalue weighted by Gasteiger charge is 2.28. The summed E-state index contributed by atoms with van der Waals surface area (Å²) in [6.07, 6.45) is 1.36. The Morgan fingerprint density at radius 2 is 2.00 bits per heavy atom. The maximum Gasteiger partial charge on any atom is 0.257 e. The number of hydrogen-bond acceptors (Lipinski definition) is 5. The molecule has 3 atom stereocenters. The molecule has 0 spiro atoms. The van der Waals surface area contributed by atoms with E-state index in [-0.39, 0.29) is 29.9 Å². The van der Waals surface area contributed by atoms with Gasteiger partial charge in [0.05, 0.1) is 11.7 Å². The Kier molecular flexibility index (Phi) is 9.11. The van der Waals surface area contributed by atoms with Crippen LogP contribution in [0.2, 0.25) is 0 Å². The van der Waals surface area contributed by atoms with Crippen molar-refractivity contribution in [2.45, 2.75) is 52.7 Å². The van der Waals surface area contributed by atoms with Crippen LogP contribution < -0.4 is 10.1 Å². The van der Waals surface area contributed by atoms with E-state index in [1.165, 1.54) is 0 Å². The number of nitrogens with zero attached hydrogens (tertiary/aromatic N) is 2. The molecule has 168 valence electrons. The molecule has 0 aliphatic carbocycles. The monoisotopic (exact) mass is 419 g/mol. The maximum absolute atomic E-state index is 13.2. The number of likely N-dealkylation sites (N-methyl/N-ethyl adjacent to an activating group) is 1. The zero-order chi connectivity index (χ0) is 22.3. The number of nitrogens with one attached hydrogen (secondary N) is 1. The normalized spacial score (nSPS) is 23.7. The second kappa shape index (κ2) is 11.3. The van der Waals surface area contributed by atoms with Gasteiger partial charge in [0.25, 0.3) is 5.91 Å². The second-order valence-electron chi connectivity index (χ2n) is 8.20. The molecule has 0 bridgehead atoms. The molecule has 2 amide bonds. The summed E-state index contributed by atoms with van der Waals surface area (Å²) in [5.74, 6) is 0.549. The number of carbonyl (C=O) groups is 2. The molecule has 1 aliphatic rings. The first kappa shape index (κ1) is 24.2. The van der Waals surface area contributed by atoms with Gasteiger partial charge in [-0.15, -0.1) is 0 Å². The van der Waals surface area contributed by atoms with Gasteiger partial charge in [0.2, 0.25) is 5.91 Å². The van der Waals surface area contributed by atoms with Crippen LogP contribution in [0.3, 0.4) is 0 Å². The standard InChI is InChI=1S/C23H37N3O4/c1-7-11-26-13-16(3)21(29-6)14-25(5)23(28)19-12-18(24-22(27)8-2)9-10-20(19)30-15-17(26)4/h9-10,12,16-17,21H,7-8,11,13-15H2,1-6H3,(H,24,27)/t16-,17-,21+/m0/s1. The van der Waals surface area contributed by atoms with E-state index in [0.717, 1.165) is 19.5 Å². The molecule has 30 heavy (non-hydrogen) atoms. The minimum Gasteiger partial charge on any atom is -0.491 e. The van der Waals surface area contributed by atoms with E-state index in [1.807, 2.05) is 0 Å². The molecule has 7 nitrogen and oxygen atoms in total. The number of anilines is 1. The summed E-state index contributed by atoms with van der Waals surface area (Å²) in [5, 5.41) is 2.82. The Hall–Kier alpha value is -2.12. The molecule has 0 saturated carbocycles. The maximum atomic E-state index is 13.2. The number of hydrogen-bond donors (Lipinski definition) is 1. The first-order valence-corrected chi connectivity index (χ1v) is 10.9. The van der Waals surface area contributed by atoms with Gasteiger partial charge in [0, 0.05) is 45.4 Å². The van der Waals surface area contributed by atoms with Gasteiger partial charge in [-0.3, -0.25) is 14.5 Å². The van der Waals surface area contributed by atoms with Gasteiger partial charge >= 0.3 is 0 Å². The van der Waals surface area contributed by atoms with E-state index < -0.39 is 0 Å². The van der Waals surface area contributed by atoms with Crippen LogP contribution in [0.5, 0.6) is 5.75 Å². The minimum absolute atomic E-state index is 0.0720. The number of ether oxygens (including phenoxy) is 2. The van der Waals surface area contributed by atoms with Crippen molar-refractivity contribution in [1.29, 1.82) is 0 Å². The molecule has 1 heterocycles. The van der Waals surface area contributed by atoms with Gasteiger partial charge in [0.15, 0.2) is 0 Å². The van der Waals surface area contributed by atoms with Crippen LogP contribution in [0.1, 0.15) is 50.9 Å². The highest BCUT2D eigenvalue weighted by Crippen LogP contribution is 2.26. The van der Waals surface area contributed by atoms with E-state index in [0.29, 0.717) is 36.6 Å². The molecule has 0 unspecified atom stereocenters. The van der Waals surface area contributed by atoms with Crippen molar-refractivity contribution in [2.24, 2.45) is 5.92 Å². The number of benzene rings is 1. The number of rotatable bonds is 5. The molecule has 1 aromatic carbocycles. The number of fused-ring (bicyclic) bond motifs is 1. The summed E-state index contributed by atoms with van der Waals surface area (Å²) in [7, 11) is 3.48. The average molecular weight is 420 g/mol. The summed E-state index contributed by atoms with van der Waals surface area (Å²) in [6, 6.07) is 5.45. The molecule has 0 radical (unpaired) electrons. The largest absolute Gasteiger partial charge is 0.491 e. The third-order valence-electron chi connectivity index (χ3n) is 5.69. The smallest absolute Gasteiger partial charge is 0.257 e. The van der Waals surface area contributed by atoms with Gasteiger partial charge in [-0.1, -0.05) is 20.8 Å². The zero-order valence-electron chi connectivity index (χ0n) is 19.2. The summed E-state index contributed by atoms with van der Waals surface area (Å²) in [5.41, 5.74) is 1.04. The number of carbonyl (C=O) groups excluding carboxylic acids is 2. The molecule has 0 aromatic heterocycles. The lowest BCUT2D eigenvalue weighted by molar-refractivity contribution is -0.115. The SMILES string of the molecule is CCCN1C[C@H](C)[C@H](OC)CN(C)C(=O)c2cc(NC(=O)CC)ccc2OC[C@@H]1C. The summed E-state index contributed by atoms with van der Waals surface area (Å²) < 4.78 is 11.9. The summed E-state index contributed by atoms with van der Waals surface area (Å²) in [6.45, 7) is 11.1. The van der Waals surface area contributed by atoms with Crippen molar-refractivity contribution in [2.75, 3.05) is 45.7 Å². The van der Waals surface area contributed by atoms with Gasteiger partial charge < -0.3 is 19.7 Å². The average Bonchev–Trinajstić information content (AvgIpc) is 2.74. The highest BCUT2D eigenvalue weighted by molar-refractivity contribution is 5.99. The van der Waals surface area contributed by atoms with Crippen LogP contribution in [0.4, 0.5) is 5.69 Å². The van der Waals surface area contributed by atoms with Crippen molar-refractivity contribution in [3.8, 4) is 5.75 Å². The molecule has 0 saturated heterocycles. The molecule has 2 rings (SSSR count). The van der Waals surface area contributed by atoms with Crippen LogP contribution in [-0.2, 0) is 9.53 Å². The Morgan fingerprint density at radius 1 is 1.27 bits per heavy atom. The molecular weight excluding hydrogens is 382 g/mol. The highest BCUT2D eigenvalue weighted by atomic mass is 16.5. The molecule has 1 N–H and O–H groups in total. The third-order valence-corrected chi connectivity index (χ3v) is 5.69. The quantitative estimate of drug-likeness (QED) is 0.793. The zero-order valence-corrected chi connectivity index (χ0v) is 19.2. The first-order valence-electron chi connectivity index (χ1n) is 10.9. The number of amides is 2. The number of methoxy groups -OCH3 is 1. The van der Waals surface area contributed by atoms with Crippen LogP contribution >= 0.6 is 0 Å². The van der Waals surface area contributed by atoms with E-state index in [9.17, 15) is 9.59 Å². The van der Waals surface area contributed by atoms with Crippen molar-refractivity contribution < 1.29 is 19.1 Å². The van der Waals surface area contributed by atoms with Crippen molar-refractivity contribution in [1.82, 2.24) is 9.80 Å². The van der Waals surface area contributed by atoms with E-state index >= 15 is 0 Å². The van der Waals surface area contributed by atoms with E-state index in [2.05, 4.69) is 31.0 Å². The lowest BCUT2D eigenvalue weighted by atomic mass is 10.0. The van der Waals surface area contributed by atoms with Gasteiger partial charge in [-0.25, -0.2) is 0 Å². The molecule has 7 heteroatoms. The second-order valence-corrected chi connectivity index (χ2v) is 8.20. The predicted octanol–water partition coefficient (Wildman–Crippen LogP) is 3.25. The fraction of sp³-hybridized carbons (Fsp3) is 0.652. The molecular formula is C23H37N3O4. The molecule has 0 fully saturated rings. The van der Waals surface area contributed by atoms with Gasteiger partial charge in [0.1, 0.15) is 12.4 Å². The van der Waals surface area contributed by atoms with Crippen molar-refractivity contribution >= 4 is 17.5 Å².